The number of benzene rings is 2. The van der Waals surface area contributed by atoms with Crippen LogP contribution in [-0.2, 0) is 10.0 Å². The van der Waals surface area contributed by atoms with E-state index in [1.807, 2.05) is 50.2 Å². The molecule has 2 rings (SSSR count). The van der Waals surface area contributed by atoms with Crippen LogP contribution in [-0.4, -0.2) is 41.1 Å². The molecule has 7 heteroatoms. The number of nitrogens with one attached hydrogen (secondary N) is 1. The normalized spacial score (nSPS) is 13.0. The van der Waals surface area contributed by atoms with E-state index < -0.39 is 10.0 Å². The van der Waals surface area contributed by atoms with E-state index in [2.05, 4.69) is 4.72 Å². The molecular formula is C18H23ClN2O3S. The van der Waals surface area contributed by atoms with Crippen LogP contribution in [0.4, 0.5) is 0 Å². The fourth-order valence-electron chi connectivity index (χ4n) is 2.54. The second-order valence-electron chi connectivity index (χ2n) is 6.04. The molecule has 0 spiro atoms. The van der Waals surface area contributed by atoms with E-state index in [4.69, 9.17) is 16.3 Å². The number of sulfonamides is 1. The lowest BCUT2D eigenvalue weighted by Crippen LogP contribution is -2.34. The van der Waals surface area contributed by atoms with Gasteiger partial charge < -0.3 is 9.64 Å². The summed E-state index contributed by atoms with van der Waals surface area (Å²) < 4.78 is 33.1. The lowest BCUT2D eigenvalue weighted by molar-refractivity contribution is 0.298. The summed E-state index contributed by atoms with van der Waals surface area (Å²) >= 11 is 6.10. The molecule has 0 radical (unpaired) electrons. The van der Waals surface area contributed by atoms with Gasteiger partial charge in [-0.3, -0.25) is 0 Å². The van der Waals surface area contributed by atoms with Gasteiger partial charge in [0.15, 0.2) is 0 Å². The smallest absolute Gasteiger partial charge is 0.242 e. The minimum Gasteiger partial charge on any atom is -0.497 e. The van der Waals surface area contributed by atoms with E-state index in [9.17, 15) is 8.42 Å². The van der Waals surface area contributed by atoms with Gasteiger partial charge in [0.25, 0.3) is 0 Å². The van der Waals surface area contributed by atoms with Gasteiger partial charge in [-0.2, -0.15) is 0 Å². The largest absolute Gasteiger partial charge is 0.497 e. The molecule has 0 heterocycles. The summed E-state index contributed by atoms with van der Waals surface area (Å²) in [5.74, 6) is 0.730. The Kier molecular flexibility index (Phi) is 6.46. The number of ether oxygens (including phenoxy) is 1. The molecule has 5 nitrogen and oxygen atoms in total. The molecule has 0 aliphatic heterocycles. The van der Waals surface area contributed by atoms with Gasteiger partial charge in [-0.25, -0.2) is 13.1 Å². The van der Waals surface area contributed by atoms with Gasteiger partial charge in [-0.05, 0) is 56.4 Å². The molecule has 0 fully saturated rings. The van der Waals surface area contributed by atoms with E-state index in [0.29, 0.717) is 0 Å². The van der Waals surface area contributed by atoms with Crippen molar-refractivity contribution in [3.8, 4) is 5.75 Å². The van der Waals surface area contributed by atoms with Crippen LogP contribution < -0.4 is 9.46 Å². The summed E-state index contributed by atoms with van der Waals surface area (Å²) in [6.07, 6.45) is 0. The zero-order chi connectivity index (χ0) is 18.6. The maximum absolute atomic E-state index is 12.6. The zero-order valence-corrected chi connectivity index (χ0v) is 16.4. The first-order valence-corrected chi connectivity index (χ1v) is 9.67. The van der Waals surface area contributed by atoms with Gasteiger partial charge in [0.1, 0.15) is 10.6 Å². The van der Waals surface area contributed by atoms with Crippen molar-refractivity contribution in [3.63, 3.8) is 0 Å². The quantitative estimate of drug-likeness (QED) is 0.798. The van der Waals surface area contributed by atoms with Crippen molar-refractivity contribution in [1.29, 1.82) is 0 Å². The molecule has 0 amide bonds. The van der Waals surface area contributed by atoms with Gasteiger partial charge in [0.05, 0.1) is 12.1 Å². The highest BCUT2D eigenvalue weighted by Crippen LogP contribution is 2.25. The van der Waals surface area contributed by atoms with Crippen LogP contribution in [0, 0.1) is 6.92 Å². The number of hydrogen-bond donors (Lipinski definition) is 1. The Morgan fingerprint density at radius 2 is 1.92 bits per heavy atom. The maximum Gasteiger partial charge on any atom is 0.242 e. The Hall–Kier alpha value is -1.60. The molecule has 0 aliphatic rings. The zero-order valence-electron chi connectivity index (χ0n) is 14.8. The van der Waals surface area contributed by atoms with Crippen molar-refractivity contribution in [3.05, 3.63) is 58.6 Å². The summed E-state index contributed by atoms with van der Waals surface area (Å²) in [6, 6.07) is 12.3. The molecular weight excluding hydrogens is 360 g/mol. The Morgan fingerprint density at radius 1 is 1.20 bits per heavy atom. The molecule has 0 saturated carbocycles. The Balaban J connectivity index is 2.23. The summed E-state index contributed by atoms with van der Waals surface area (Å²) in [4.78, 5) is 2.04. The summed E-state index contributed by atoms with van der Waals surface area (Å²) in [5, 5.41) is 0.218. The lowest BCUT2D eigenvalue weighted by Gasteiger charge is -2.25. The van der Waals surface area contributed by atoms with Gasteiger partial charge in [0, 0.05) is 12.6 Å². The fourth-order valence-corrected chi connectivity index (χ4v) is 4.17. The van der Waals surface area contributed by atoms with Crippen LogP contribution in [0.1, 0.15) is 17.2 Å². The van der Waals surface area contributed by atoms with Crippen molar-refractivity contribution < 1.29 is 13.2 Å². The summed E-state index contributed by atoms with van der Waals surface area (Å²) in [5.41, 5.74) is 1.87. The van der Waals surface area contributed by atoms with Crippen LogP contribution in [0.15, 0.2) is 47.4 Å². The number of halogens is 1. The van der Waals surface area contributed by atoms with Crippen LogP contribution in [0.5, 0.6) is 5.75 Å². The van der Waals surface area contributed by atoms with Crippen LogP contribution in [0.2, 0.25) is 5.02 Å². The monoisotopic (exact) mass is 382 g/mol. The number of hydrogen-bond acceptors (Lipinski definition) is 4. The molecule has 1 atom stereocenters. The minimum absolute atomic E-state index is 0.0860. The Bertz CT molecular complexity index is 838. The predicted octanol–water partition coefficient (Wildman–Crippen LogP) is 3.24. The third-order valence-electron chi connectivity index (χ3n) is 3.95. The van der Waals surface area contributed by atoms with Gasteiger partial charge in [-0.1, -0.05) is 29.8 Å². The number of aryl methyl sites for hydroxylation is 1. The third-order valence-corrected chi connectivity index (χ3v) is 5.85. The van der Waals surface area contributed by atoms with E-state index in [1.165, 1.54) is 6.07 Å². The molecule has 0 aliphatic carbocycles. The number of rotatable bonds is 7. The first-order valence-electron chi connectivity index (χ1n) is 7.81. The number of nitrogens with zero attached hydrogens (tertiary/aromatic N) is 1. The Labute approximate surface area is 154 Å². The van der Waals surface area contributed by atoms with Crippen molar-refractivity contribution >= 4 is 21.6 Å². The minimum atomic E-state index is -3.70. The van der Waals surface area contributed by atoms with Crippen LogP contribution >= 0.6 is 11.6 Å². The molecule has 25 heavy (non-hydrogen) atoms. The van der Waals surface area contributed by atoms with E-state index >= 15 is 0 Å². The van der Waals surface area contributed by atoms with Gasteiger partial charge >= 0.3 is 0 Å². The SMILES string of the molecule is COc1cccc([C@H](CNS(=O)(=O)c2ccc(C)cc2Cl)N(C)C)c1. The predicted molar refractivity (Wildman–Crippen MR) is 101 cm³/mol. The van der Waals surface area contributed by atoms with Crippen molar-refractivity contribution in [1.82, 2.24) is 9.62 Å². The van der Waals surface area contributed by atoms with Crippen molar-refractivity contribution in [2.75, 3.05) is 27.7 Å². The van der Waals surface area contributed by atoms with Crippen molar-refractivity contribution in [2.45, 2.75) is 17.9 Å². The highest BCUT2D eigenvalue weighted by atomic mass is 35.5. The van der Waals surface area contributed by atoms with Gasteiger partial charge in [-0.15, -0.1) is 0 Å². The standard InChI is InChI=1S/C18H23ClN2O3S/c1-13-8-9-18(16(19)10-13)25(22,23)20-12-17(21(2)3)14-6-5-7-15(11-14)24-4/h5-11,17,20H,12H2,1-4H3/t17-/m0/s1. The van der Waals surface area contributed by atoms with E-state index in [1.54, 1.807) is 19.2 Å². The number of likely N-dealkylation sites (N-methyl/N-ethyl adjacent to an activating group) is 1. The average molecular weight is 383 g/mol. The molecule has 0 aromatic heterocycles. The second kappa shape index (κ2) is 8.19. The number of methoxy groups -OCH3 is 1. The Morgan fingerprint density at radius 3 is 2.52 bits per heavy atom. The average Bonchev–Trinajstić information content (AvgIpc) is 2.54. The summed E-state index contributed by atoms with van der Waals surface area (Å²) in [7, 11) is 1.70. The maximum atomic E-state index is 12.6. The molecule has 136 valence electrons. The summed E-state index contributed by atoms with van der Waals surface area (Å²) in [6.45, 7) is 2.08. The fraction of sp³-hybridized carbons (Fsp3) is 0.333. The highest BCUT2D eigenvalue weighted by molar-refractivity contribution is 7.89. The first kappa shape index (κ1) is 19.7. The first-order chi connectivity index (χ1) is 11.7. The van der Waals surface area contributed by atoms with Gasteiger partial charge in [0.2, 0.25) is 10.0 Å². The molecule has 2 aromatic carbocycles. The van der Waals surface area contributed by atoms with Crippen molar-refractivity contribution in [2.24, 2.45) is 0 Å². The molecule has 0 saturated heterocycles. The molecule has 0 bridgehead atoms. The third kappa shape index (κ3) is 4.95. The second-order valence-corrected chi connectivity index (χ2v) is 8.18. The topological polar surface area (TPSA) is 58.6 Å². The molecule has 0 unspecified atom stereocenters. The molecule has 2 aromatic rings. The van der Waals surface area contributed by atoms with E-state index in [-0.39, 0.29) is 22.5 Å². The molecule has 1 N–H and O–H groups in total. The van der Waals surface area contributed by atoms with E-state index in [0.717, 1.165) is 16.9 Å². The van der Waals surface area contributed by atoms with Crippen LogP contribution in [0.3, 0.4) is 0 Å². The van der Waals surface area contributed by atoms with Crippen LogP contribution in [0.25, 0.3) is 0 Å². The highest BCUT2D eigenvalue weighted by Gasteiger charge is 2.22. The lowest BCUT2D eigenvalue weighted by atomic mass is 10.1.